The zero-order chi connectivity index (χ0) is 15.1. The van der Waals surface area contributed by atoms with E-state index in [0.717, 1.165) is 36.0 Å². The standard InChI is InChI=1S/C17H22N2O2/c1-3-19(15-6-4-14(18)5-7-15)12-13-21-17-10-8-16(20-2)9-11-17/h4-11H,3,12-13,18H2,1-2H3. The van der Waals surface area contributed by atoms with Gasteiger partial charge in [-0.3, -0.25) is 0 Å². The molecule has 0 fully saturated rings. The summed E-state index contributed by atoms with van der Waals surface area (Å²) in [5.41, 5.74) is 7.65. The summed E-state index contributed by atoms with van der Waals surface area (Å²) in [6.45, 7) is 4.51. The van der Waals surface area contributed by atoms with E-state index in [0.29, 0.717) is 6.61 Å². The van der Waals surface area contributed by atoms with Crippen molar-refractivity contribution in [1.82, 2.24) is 0 Å². The van der Waals surface area contributed by atoms with Gasteiger partial charge in [0.2, 0.25) is 0 Å². The number of benzene rings is 2. The number of ether oxygens (including phenoxy) is 2. The summed E-state index contributed by atoms with van der Waals surface area (Å²) >= 11 is 0. The molecule has 0 radical (unpaired) electrons. The largest absolute Gasteiger partial charge is 0.497 e. The number of methoxy groups -OCH3 is 1. The number of likely N-dealkylation sites (N-methyl/N-ethyl adjacent to an activating group) is 1. The quantitative estimate of drug-likeness (QED) is 0.794. The Labute approximate surface area is 126 Å². The summed E-state index contributed by atoms with van der Waals surface area (Å²) in [6, 6.07) is 15.5. The first-order valence-electron chi connectivity index (χ1n) is 7.10. The molecule has 112 valence electrons. The third-order valence-electron chi connectivity index (χ3n) is 3.33. The van der Waals surface area contributed by atoms with Gasteiger partial charge in [-0.15, -0.1) is 0 Å². The molecule has 0 unspecified atom stereocenters. The summed E-state index contributed by atoms with van der Waals surface area (Å²) < 4.78 is 10.9. The molecule has 0 spiro atoms. The van der Waals surface area contributed by atoms with Gasteiger partial charge in [-0.05, 0) is 55.5 Å². The van der Waals surface area contributed by atoms with Crippen LogP contribution >= 0.6 is 0 Å². The van der Waals surface area contributed by atoms with Gasteiger partial charge in [0.25, 0.3) is 0 Å². The Morgan fingerprint density at radius 3 is 2.14 bits per heavy atom. The maximum absolute atomic E-state index is 5.76. The number of hydrogen-bond donors (Lipinski definition) is 1. The topological polar surface area (TPSA) is 47.7 Å². The van der Waals surface area contributed by atoms with Crippen molar-refractivity contribution in [2.24, 2.45) is 0 Å². The Bertz CT molecular complexity index is 538. The van der Waals surface area contributed by atoms with Crippen LogP contribution in [0.5, 0.6) is 11.5 Å². The third-order valence-corrected chi connectivity index (χ3v) is 3.33. The second-order valence-corrected chi connectivity index (χ2v) is 4.70. The number of rotatable bonds is 7. The first kappa shape index (κ1) is 15.0. The molecule has 2 aromatic rings. The Hall–Kier alpha value is -2.36. The van der Waals surface area contributed by atoms with Crippen LogP contribution in [0.3, 0.4) is 0 Å². The highest BCUT2D eigenvalue weighted by Crippen LogP contribution is 2.18. The van der Waals surface area contributed by atoms with Crippen LogP contribution in [0.2, 0.25) is 0 Å². The molecule has 0 saturated heterocycles. The van der Waals surface area contributed by atoms with E-state index in [2.05, 4.69) is 11.8 Å². The molecule has 4 nitrogen and oxygen atoms in total. The van der Waals surface area contributed by atoms with Gasteiger partial charge in [0.15, 0.2) is 0 Å². The minimum absolute atomic E-state index is 0.630. The van der Waals surface area contributed by atoms with Gasteiger partial charge in [0.05, 0.1) is 13.7 Å². The van der Waals surface area contributed by atoms with E-state index >= 15 is 0 Å². The Morgan fingerprint density at radius 2 is 1.57 bits per heavy atom. The lowest BCUT2D eigenvalue weighted by atomic mass is 10.2. The summed E-state index contributed by atoms with van der Waals surface area (Å²) in [5, 5.41) is 0. The van der Waals surface area contributed by atoms with E-state index < -0.39 is 0 Å². The van der Waals surface area contributed by atoms with Crippen LogP contribution in [-0.4, -0.2) is 26.8 Å². The second kappa shape index (κ2) is 7.43. The molecular formula is C17H22N2O2. The fraction of sp³-hybridized carbons (Fsp3) is 0.294. The normalized spacial score (nSPS) is 10.2. The zero-order valence-electron chi connectivity index (χ0n) is 12.6. The fourth-order valence-electron chi connectivity index (χ4n) is 2.10. The second-order valence-electron chi connectivity index (χ2n) is 4.70. The van der Waals surface area contributed by atoms with Gasteiger partial charge < -0.3 is 20.1 Å². The third kappa shape index (κ3) is 4.31. The van der Waals surface area contributed by atoms with Crippen molar-refractivity contribution in [3.63, 3.8) is 0 Å². The van der Waals surface area contributed by atoms with Gasteiger partial charge in [-0.2, -0.15) is 0 Å². The van der Waals surface area contributed by atoms with E-state index in [1.807, 2.05) is 48.5 Å². The van der Waals surface area contributed by atoms with Crippen LogP contribution in [0.1, 0.15) is 6.92 Å². The minimum Gasteiger partial charge on any atom is -0.497 e. The van der Waals surface area contributed by atoms with Crippen molar-refractivity contribution in [2.75, 3.05) is 37.4 Å². The lowest BCUT2D eigenvalue weighted by molar-refractivity contribution is 0.323. The lowest BCUT2D eigenvalue weighted by Gasteiger charge is -2.23. The number of nitrogens with two attached hydrogens (primary N) is 1. The molecule has 2 N–H and O–H groups in total. The Morgan fingerprint density at radius 1 is 0.952 bits per heavy atom. The molecule has 0 saturated carbocycles. The molecule has 21 heavy (non-hydrogen) atoms. The highest BCUT2D eigenvalue weighted by Gasteiger charge is 2.04. The Balaban J connectivity index is 1.86. The van der Waals surface area contributed by atoms with Crippen molar-refractivity contribution in [3.8, 4) is 11.5 Å². The summed E-state index contributed by atoms with van der Waals surface area (Å²) in [7, 11) is 1.65. The molecule has 4 heteroatoms. The average molecular weight is 286 g/mol. The summed E-state index contributed by atoms with van der Waals surface area (Å²) in [4.78, 5) is 2.25. The molecule has 2 rings (SSSR count). The van der Waals surface area contributed by atoms with Gasteiger partial charge in [0.1, 0.15) is 18.1 Å². The van der Waals surface area contributed by atoms with Gasteiger partial charge in [-0.25, -0.2) is 0 Å². The van der Waals surface area contributed by atoms with Crippen molar-refractivity contribution in [3.05, 3.63) is 48.5 Å². The molecule has 2 aromatic carbocycles. The SMILES string of the molecule is CCN(CCOc1ccc(OC)cc1)c1ccc(N)cc1. The van der Waals surface area contributed by atoms with Gasteiger partial charge in [-0.1, -0.05) is 0 Å². The first-order valence-corrected chi connectivity index (χ1v) is 7.10. The monoisotopic (exact) mass is 286 g/mol. The van der Waals surface area contributed by atoms with E-state index in [1.165, 1.54) is 0 Å². The van der Waals surface area contributed by atoms with E-state index in [9.17, 15) is 0 Å². The molecule has 0 amide bonds. The molecule has 0 aliphatic carbocycles. The highest BCUT2D eigenvalue weighted by atomic mass is 16.5. The average Bonchev–Trinajstić information content (AvgIpc) is 2.53. The molecular weight excluding hydrogens is 264 g/mol. The summed E-state index contributed by atoms with van der Waals surface area (Å²) in [6.07, 6.45) is 0. The summed E-state index contributed by atoms with van der Waals surface area (Å²) in [5.74, 6) is 1.68. The van der Waals surface area contributed by atoms with Crippen molar-refractivity contribution in [1.29, 1.82) is 0 Å². The van der Waals surface area contributed by atoms with Gasteiger partial charge in [0, 0.05) is 17.9 Å². The Kier molecular flexibility index (Phi) is 5.32. The number of nitrogen functional groups attached to an aromatic ring is 1. The molecule has 0 aliphatic heterocycles. The van der Waals surface area contributed by atoms with Crippen LogP contribution in [0, 0.1) is 0 Å². The predicted molar refractivity (Wildman–Crippen MR) is 87.2 cm³/mol. The fourth-order valence-corrected chi connectivity index (χ4v) is 2.10. The number of nitrogens with zero attached hydrogens (tertiary/aromatic N) is 1. The lowest BCUT2D eigenvalue weighted by Crippen LogP contribution is -2.28. The van der Waals surface area contributed by atoms with Gasteiger partial charge >= 0.3 is 0 Å². The van der Waals surface area contributed by atoms with Crippen molar-refractivity contribution >= 4 is 11.4 Å². The smallest absolute Gasteiger partial charge is 0.119 e. The molecule has 0 aliphatic rings. The minimum atomic E-state index is 0.630. The first-order chi connectivity index (χ1) is 10.2. The van der Waals surface area contributed by atoms with Crippen LogP contribution in [0.25, 0.3) is 0 Å². The number of anilines is 2. The molecule has 0 heterocycles. The van der Waals surface area contributed by atoms with E-state index in [-0.39, 0.29) is 0 Å². The zero-order valence-corrected chi connectivity index (χ0v) is 12.6. The van der Waals surface area contributed by atoms with E-state index in [4.69, 9.17) is 15.2 Å². The molecule has 0 atom stereocenters. The van der Waals surface area contributed by atoms with E-state index in [1.54, 1.807) is 7.11 Å². The van der Waals surface area contributed by atoms with Crippen molar-refractivity contribution < 1.29 is 9.47 Å². The predicted octanol–water partition coefficient (Wildman–Crippen LogP) is 3.18. The molecule has 0 aromatic heterocycles. The van der Waals surface area contributed by atoms with Crippen LogP contribution < -0.4 is 20.1 Å². The highest BCUT2D eigenvalue weighted by molar-refractivity contribution is 5.53. The van der Waals surface area contributed by atoms with Crippen LogP contribution in [0.4, 0.5) is 11.4 Å². The molecule has 0 bridgehead atoms. The van der Waals surface area contributed by atoms with Crippen LogP contribution in [-0.2, 0) is 0 Å². The maximum atomic E-state index is 5.76. The van der Waals surface area contributed by atoms with Crippen molar-refractivity contribution in [2.45, 2.75) is 6.92 Å². The maximum Gasteiger partial charge on any atom is 0.119 e. The number of hydrogen-bond acceptors (Lipinski definition) is 4. The van der Waals surface area contributed by atoms with Crippen LogP contribution in [0.15, 0.2) is 48.5 Å².